The Morgan fingerprint density at radius 1 is 1.17 bits per heavy atom. The van der Waals surface area contributed by atoms with Crippen LogP contribution in [0.1, 0.15) is 11.9 Å². The second-order valence-electron chi connectivity index (χ2n) is 7.96. The molecule has 0 aliphatic carbocycles. The lowest BCUT2D eigenvalue weighted by Crippen LogP contribution is -2.41. The van der Waals surface area contributed by atoms with Crippen molar-refractivity contribution in [2.45, 2.75) is 31.1 Å². The highest BCUT2D eigenvalue weighted by molar-refractivity contribution is 6.30. The molecule has 4 aromatic heterocycles. The van der Waals surface area contributed by atoms with Gasteiger partial charge in [0.15, 0.2) is 35.1 Å². The fraction of sp³-hybridized carbons (Fsp3) is 0.273. The quantitative estimate of drug-likeness (QED) is 0.269. The molecule has 1 saturated heterocycles. The molecule has 0 bridgehead atoms. The minimum Gasteiger partial charge on any atom is -0.387 e. The van der Waals surface area contributed by atoms with Gasteiger partial charge in [0, 0.05) is 25.0 Å². The van der Waals surface area contributed by atoms with Gasteiger partial charge in [0.25, 0.3) is 5.91 Å². The third kappa shape index (κ3) is 4.56. The number of fused-ring (bicyclic) bond motifs is 1. The van der Waals surface area contributed by atoms with Crippen LogP contribution >= 0.6 is 23.2 Å². The van der Waals surface area contributed by atoms with Crippen molar-refractivity contribution in [3.8, 4) is 11.4 Å². The zero-order chi connectivity index (χ0) is 25.4. The van der Waals surface area contributed by atoms with E-state index in [0.29, 0.717) is 32.8 Å². The monoisotopic (exact) mass is 530 g/mol. The highest BCUT2D eigenvalue weighted by atomic mass is 35.5. The minimum absolute atomic E-state index is 0.275. The smallest absolute Gasteiger partial charge is 0.251 e. The molecule has 0 radical (unpaired) electrons. The number of pyridine rings is 2. The first-order valence-corrected chi connectivity index (χ1v) is 11.6. The topological polar surface area (TPSA) is 160 Å². The van der Waals surface area contributed by atoms with Crippen molar-refractivity contribution >= 4 is 46.1 Å². The predicted molar refractivity (Wildman–Crippen MR) is 130 cm³/mol. The summed E-state index contributed by atoms with van der Waals surface area (Å²) in [7, 11) is 1.41. The van der Waals surface area contributed by atoms with E-state index in [4.69, 9.17) is 27.9 Å². The molecule has 4 atom stereocenters. The molecule has 5 rings (SSSR count). The van der Waals surface area contributed by atoms with Gasteiger partial charge in [-0.3, -0.25) is 14.3 Å². The van der Waals surface area contributed by atoms with Crippen molar-refractivity contribution in [2.75, 3.05) is 12.4 Å². The zero-order valence-electron chi connectivity index (χ0n) is 18.7. The van der Waals surface area contributed by atoms with Crippen LogP contribution in [0.15, 0.2) is 43.0 Å². The molecule has 4 N–H and O–H groups in total. The van der Waals surface area contributed by atoms with Crippen LogP contribution < -0.4 is 10.6 Å². The van der Waals surface area contributed by atoms with Crippen molar-refractivity contribution in [3.63, 3.8) is 0 Å². The first-order chi connectivity index (χ1) is 17.4. The number of rotatable bonds is 6. The summed E-state index contributed by atoms with van der Waals surface area (Å²) in [5.41, 5.74) is 1.86. The number of halogens is 2. The fourth-order valence-electron chi connectivity index (χ4n) is 3.86. The summed E-state index contributed by atoms with van der Waals surface area (Å²) in [4.78, 5) is 34.1. The first kappa shape index (κ1) is 24.3. The molecule has 1 aliphatic heterocycles. The number of imidazole rings is 1. The van der Waals surface area contributed by atoms with Crippen molar-refractivity contribution in [1.82, 2.24) is 34.8 Å². The fourth-order valence-corrected chi connectivity index (χ4v) is 4.22. The molecule has 36 heavy (non-hydrogen) atoms. The predicted octanol–water partition coefficient (Wildman–Crippen LogP) is 1.57. The Kier molecular flexibility index (Phi) is 6.69. The maximum absolute atomic E-state index is 12.1. The number of likely N-dealkylation sites (N-methyl/N-ethyl adjacent to an activating group) is 1. The number of amides is 1. The number of aliphatic hydroxyl groups excluding tert-OH is 2. The maximum atomic E-state index is 12.1. The van der Waals surface area contributed by atoms with Gasteiger partial charge in [0.2, 0.25) is 0 Å². The second-order valence-corrected chi connectivity index (χ2v) is 8.78. The number of anilines is 1. The van der Waals surface area contributed by atoms with Gasteiger partial charge in [-0.25, -0.2) is 19.9 Å². The van der Waals surface area contributed by atoms with Crippen LogP contribution in [0.5, 0.6) is 0 Å². The third-order valence-electron chi connectivity index (χ3n) is 5.61. The number of nitrogens with one attached hydrogen (secondary N) is 2. The molecule has 0 saturated carbocycles. The standard InChI is InChI=1S/C22H20Cl2N8O4/c1-25-21(35)17-15(33)16(34)22(36-17)32-9-28-14-19(27-8-12-3-2-4-13(24)29-12)30-18(31-20(14)32)10-5-11(23)7-26-6-10/h2-7,9,15-17,22,33-34H,8H2,1H3,(H,25,35)(H,27,30,31)/t15-,16+,17-,22+/m0/s1. The number of hydrogen-bond acceptors (Lipinski definition) is 10. The molecule has 14 heteroatoms. The van der Waals surface area contributed by atoms with Crippen LogP contribution in [0.4, 0.5) is 5.82 Å². The van der Waals surface area contributed by atoms with Crippen molar-refractivity contribution < 1.29 is 19.7 Å². The van der Waals surface area contributed by atoms with E-state index in [2.05, 4.69) is 35.6 Å². The third-order valence-corrected chi connectivity index (χ3v) is 6.03. The Morgan fingerprint density at radius 3 is 2.75 bits per heavy atom. The molecule has 1 fully saturated rings. The first-order valence-electron chi connectivity index (χ1n) is 10.8. The Hall–Kier alpha value is -3.42. The molecule has 5 heterocycles. The van der Waals surface area contributed by atoms with Gasteiger partial charge in [-0.05, 0) is 18.2 Å². The van der Waals surface area contributed by atoms with Gasteiger partial charge in [-0.15, -0.1) is 0 Å². The van der Waals surface area contributed by atoms with E-state index in [1.54, 1.807) is 30.5 Å². The highest BCUT2D eigenvalue weighted by Gasteiger charge is 2.47. The molecule has 1 amide bonds. The summed E-state index contributed by atoms with van der Waals surface area (Å²) >= 11 is 12.1. The van der Waals surface area contributed by atoms with Crippen LogP contribution in [0.25, 0.3) is 22.6 Å². The number of aromatic nitrogens is 6. The van der Waals surface area contributed by atoms with Gasteiger partial charge in [-0.2, -0.15) is 0 Å². The number of carbonyl (C=O) groups is 1. The molecule has 1 aliphatic rings. The molecule has 186 valence electrons. The van der Waals surface area contributed by atoms with Crippen LogP contribution in [0.2, 0.25) is 10.2 Å². The van der Waals surface area contributed by atoms with Crippen LogP contribution in [0.3, 0.4) is 0 Å². The number of carbonyl (C=O) groups excluding carboxylic acids is 1. The maximum Gasteiger partial charge on any atom is 0.251 e. The average Bonchev–Trinajstić information content (AvgIpc) is 3.43. The van der Waals surface area contributed by atoms with Gasteiger partial charge in [0.05, 0.1) is 23.6 Å². The molecule has 0 unspecified atom stereocenters. The minimum atomic E-state index is -1.45. The van der Waals surface area contributed by atoms with Crippen LogP contribution in [0, 0.1) is 0 Å². The Bertz CT molecular complexity index is 1430. The van der Waals surface area contributed by atoms with E-state index >= 15 is 0 Å². The number of ether oxygens (including phenoxy) is 1. The number of aliphatic hydroxyl groups is 2. The van der Waals surface area contributed by atoms with E-state index in [9.17, 15) is 15.0 Å². The largest absolute Gasteiger partial charge is 0.387 e. The SMILES string of the molecule is CNC(=O)[C@H]1O[C@@H](n2cnc3c(NCc4cccc(Cl)n4)nc(-c4cncc(Cl)c4)nc32)[C@H](O)[C@@H]1O. The number of hydrogen-bond donors (Lipinski definition) is 4. The summed E-state index contributed by atoms with van der Waals surface area (Å²) < 4.78 is 7.15. The van der Waals surface area contributed by atoms with Crippen LogP contribution in [-0.2, 0) is 16.1 Å². The molecule has 4 aromatic rings. The lowest BCUT2D eigenvalue weighted by molar-refractivity contribution is -0.137. The van der Waals surface area contributed by atoms with Gasteiger partial charge in [0.1, 0.15) is 17.4 Å². The summed E-state index contributed by atoms with van der Waals surface area (Å²) in [6.07, 6.45) is -0.814. The molecule has 12 nitrogen and oxygen atoms in total. The molecular formula is C22H20Cl2N8O4. The average molecular weight is 531 g/mol. The summed E-state index contributed by atoms with van der Waals surface area (Å²) in [5, 5.41) is 27.4. The second kappa shape index (κ2) is 9.91. The number of nitrogens with zero attached hydrogens (tertiary/aromatic N) is 6. The summed E-state index contributed by atoms with van der Waals surface area (Å²) in [6.45, 7) is 0.285. The van der Waals surface area contributed by atoms with Crippen molar-refractivity contribution in [2.24, 2.45) is 0 Å². The summed E-state index contributed by atoms with van der Waals surface area (Å²) in [5.74, 6) is 0.0771. The lowest BCUT2D eigenvalue weighted by Gasteiger charge is -2.17. The van der Waals surface area contributed by atoms with E-state index in [0.717, 1.165) is 0 Å². The Labute approximate surface area is 214 Å². The molecule has 0 spiro atoms. The normalized spacial score (nSPS) is 21.6. The van der Waals surface area contributed by atoms with Crippen molar-refractivity contribution in [1.29, 1.82) is 0 Å². The molecule has 0 aromatic carbocycles. The summed E-state index contributed by atoms with van der Waals surface area (Å²) in [6, 6.07) is 6.92. The van der Waals surface area contributed by atoms with Crippen LogP contribution in [-0.4, -0.2) is 71.0 Å². The zero-order valence-corrected chi connectivity index (χ0v) is 20.2. The highest BCUT2D eigenvalue weighted by Crippen LogP contribution is 2.33. The van der Waals surface area contributed by atoms with Crippen molar-refractivity contribution in [3.05, 3.63) is 58.9 Å². The lowest BCUT2D eigenvalue weighted by atomic mass is 10.1. The van der Waals surface area contributed by atoms with Gasteiger partial charge >= 0.3 is 0 Å². The van der Waals surface area contributed by atoms with E-state index in [1.807, 2.05) is 0 Å². The van der Waals surface area contributed by atoms with Gasteiger partial charge in [-0.1, -0.05) is 29.3 Å². The van der Waals surface area contributed by atoms with Gasteiger partial charge < -0.3 is 25.6 Å². The van der Waals surface area contributed by atoms with E-state index in [-0.39, 0.29) is 18.0 Å². The Balaban J connectivity index is 1.58. The van der Waals surface area contributed by atoms with E-state index in [1.165, 1.54) is 24.1 Å². The Morgan fingerprint density at radius 2 is 2.00 bits per heavy atom. The molecular weight excluding hydrogens is 511 g/mol. The van der Waals surface area contributed by atoms with E-state index < -0.39 is 30.4 Å².